The third kappa shape index (κ3) is 3.63. The van der Waals surface area contributed by atoms with E-state index in [1.807, 2.05) is 0 Å². The highest BCUT2D eigenvalue weighted by atomic mass is 16.3. The number of aromatic hydroxyl groups is 1. The maximum Gasteiger partial charge on any atom is 0.270 e. The van der Waals surface area contributed by atoms with Crippen LogP contribution in [0, 0.1) is 11.8 Å². The number of anilines is 1. The zero-order chi connectivity index (χ0) is 19.0. The summed E-state index contributed by atoms with van der Waals surface area (Å²) in [7, 11) is 0. The molecular formula is C18H22N6O3. The lowest BCUT2D eigenvalue weighted by molar-refractivity contribution is -0.127. The molecule has 3 saturated heterocycles. The summed E-state index contributed by atoms with van der Waals surface area (Å²) in [4.78, 5) is 26.2. The summed E-state index contributed by atoms with van der Waals surface area (Å²) in [6.07, 6.45) is 3.44. The summed E-state index contributed by atoms with van der Waals surface area (Å²) in [5, 5.41) is 20.2. The number of phenolic OH excluding ortho intramolecular Hbond substituents is 1. The van der Waals surface area contributed by atoms with Crippen LogP contribution in [0.2, 0.25) is 0 Å². The van der Waals surface area contributed by atoms with Crippen LogP contribution in [-0.4, -0.2) is 55.9 Å². The fourth-order valence-electron chi connectivity index (χ4n) is 4.16. The van der Waals surface area contributed by atoms with Gasteiger partial charge in [0.2, 0.25) is 5.91 Å². The van der Waals surface area contributed by atoms with Gasteiger partial charge in [-0.2, -0.15) is 0 Å². The van der Waals surface area contributed by atoms with E-state index in [1.165, 1.54) is 0 Å². The molecule has 2 amide bonds. The Labute approximate surface area is 156 Å². The molecule has 2 bridgehead atoms. The van der Waals surface area contributed by atoms with Gasteiger partial charge < -0.3 is 16.2 Å². The van der Waals surface area contributed by atoms with Crippen molar-refractivity contribution < 1.29 is 14.7 Å². The number of amides is 2. The number of hydrogen-bond acceptors (Lipinski definition) is 6. The van der Waals surface area contributed by atoms with Crippen LogP contribution in [-0.2, 0) is 11.3 Å². The number of rotatable bonds is 5. The van der Waals surface area contributed by atoms with Gasteiger partial charge in [0.25, 0.3) is 5.91 Å². The molecule has 3 aliphatic rings. The summed E-state index contributed by atoms with van der Waals surface area (Å²) in [5.41, 5.74) is 5.99. The maximum atomic E-state index is 12.7. The fraction of sp³-hybridized carbons (Fsp3) is 0.444. The predicted octanol–water partition coefficient (Wildman–Crippen LogP) is 0.432. The van der Waals surface area contributed by atoms with Gasteiger partial charge in [0, 0.05) is 24.3 Å². The molecule has 9 nitrogen and oxygen atoms in total. The van der Waals surface area contributed by atoms with Crippen LogP contribution in [0.5, 0.6) is 5.75 Å². The van der Waals surface area contributed by atoms with Gasteiger partial charge in [-0.1, -0.05) is 11.3 Å². The van der Waals surface area contributed by atoms with Crippen molar-refractivity contribution in [3.63, 3.8) is 0 Å². The highest BCUT2D eigenvalue weighted by Crippen LogP contribution is 2.37. The minimum Gasteiger partial charge on any atom is -0.508 e. The SMILES string of the molecule is NC(=O)c1cn(C[C@H]2C[C@H]3CCN2C[C@@H]3C(=O)Nc2cccc(O)c2)nn1. The standard InChI is InChI=1S/C18H22N6O3/c19-17(26)16-10-24(22-21-16)8-13-6-11-4-5-23(13)9-15(11)18(27)20-12-2-1-3-14(25)7-12/h1-3,7,10-11,13,15,25H,4-6,8-9H2,(H2,19,26)(H,20,27)/t11-,13-,15+/m1/s1. The molecule has 27 heavy (non-hydrogen) atoms. The monoisotopic (exact) mass is 370 g/mol. The molecule has 0 aliphatic carbocycles. The normalized spacial score (nSPS) is 26.7. The van der Waals surface area contributed by atoms with Gasteiger partial charge in [-0.25, -0.2) is 0 Å². The number of nitrogens with zero attached hydrogens (tertiary/aromatic N) is 4. The van der Waals surface area contributed by atoms with Gasteiger partial charge in [-0.3, -0.25) is 19.2 Å². The van der Waals surface area contributed by atoms with Crippen molar-refractivity contribution in [3.8, 4) is 5.75 Å². The predicted molar refractivity (Wildman–Crippen MR) is 96.9 cm³/mol. The molecule has 142 valence electrons. The van der Waals surface area contributed by atoms with Crippen molar-refractivity contribution in [2.75, 3.05) is 18.4 Å². The Bertz CT molecular complexity index is 866. The molecule has 4 N–H and O–H groups in total. The van der Waals surface area contributed by atoms with E-state index in [4.69, 9.17) is 5.73 Å². The Balaban J connectivity index is 1.39. The van der Waals surface area contributed by atoms with E-state index in [2.05, 4.69) is 20.5 Å². The van der Waals surface area contributed by atoms with Crippen LogP contribution < -0.4 is 11.1 Å². The number of primary amides is 1. The number of fused-ring (bicyclic) bond motifs is 3. The number of piperidine rings is 3. The van der Waals surface area contributed by atoms with Crippen molar-refractivity contribution in [3.05, 3.63) is 36.2 Å². The van der Waals surface area contributed by atoms with Crippen molar-refractivity contribution >= 4 is 17.5 Å². The minimum atomic E-state index is -0.588. The Morgan fingerprint density at radius 1 is 1.37 bits per heavy atom. The Hall–Kier alpha value is -2.94. The van der Waals surface area contributed by atoms with E-state index in [1.54, 1.807) is 35.1 Å². The average Bonchev–Trinajstić information content (AvgIpc) is 3.11. The first-order valence-electron chi connectivity index (χ1n) is 9.03. The summed E-state index contributed by atoms with van der Waals surface area (Å²) in [5.74, 6) is -0.239. The average molecular weight is 370 g/mol. The molecule has 1 aromatic carbocycles. The van der Waals surface area contributed by atoms with Gasteiger partial charge in [0.05, 0.1) is 18.7 Å². The van der Waals surface area contributed by atoms with Crippen LogP contribution in [0.3, 0.4) is 0 Å². The number of phenols is 1. The lowest BCUT2D eigenvalue weighted by Gasteiger charge is -2.49. The first kappa shape index (κ1) is 17.5. The first-order valence-corrected chi connectivity index (χ1v) is 9.03. The second kappa shape index (κ2) is 6.99. The van der Waals surface area contributed by atoms with Gasteiger partial charge in [0.15, 0.2) is 5.69 Å². The van der Waals surface area contributed by atoms with Gasteiger partial charge in [-0.15, -0.1) is 5.10 Å². The van der Waals surface area contributed by atoms with Crippen LogP contribution in [0.4, 0.5) is 5.69 Å². The van der Waals surface area contributed by atoms with E-state index in [9.17, 15) is 14.7 Å². The number of carbonyl (C=O) groups excluding carboxylic acids is 2. The second-order valence-corrected chi connectivity index (χ2v) is 7.27. The molecule has 4 atom stereocenters. The van der Waals surface area contributed by atoms with Crippen molar-refractivity contribution in [1.82, 2.24) is 19.9 Å². The molecule has 0 saturated carbocycles. The molecule has 0 radical (unpaired) electrons. The summed E-state index contributed by atoms with van der Waals surface area (Å²) >= 11 is 0. The van der Waals surface area contributed by atoms with Crippen LogP contribution in [0.15, 0.2) is 30.5 Å². The van der Waals surface area contributed by atoms with Gasteiger partial charge in [0.1, 0.15) is 5.75 Å². The molecule has 3 aliphatic heterocycles. The lowest BCUT2D eigenvalue weighted by atomic mass is 9.75. The molecule has 2 aromatic rings. The molecule has 1 aromatic heterocycles. The second-order valence-electron chi connectivity index (χ2n) is 7.27. The van der Waals surface area contributed by atoms with Gasteiger partial charge in [-0.05, 0) is 37.4 Å². The van der Waals surface area contributed by atoms with E-state index in [0.717, 1.165) is 19.4 Å². The molecule has 3 fully saturated rings. The van der Waals surface area contributed by atoms with E-state index < -0.39 is 5.91 Å². The molecular weight excluding hydrogens is 348 g/mol. The lowest BCUT2D eigenvalue weighted by Crippen LogP contribution is -2.57. The molecule has 0 spiro atoms. The van der Waals surface area contributed by atoms with Crippen LogP contribution in [0.25, 0.3) is 0 Å². The number of hydrogen-bond donors (Lipinski definition) is 3. The number of nitrogens with two attached hydrogens (primary N) is 1. The Morgan fingerprint density at radius 3 is 2.89 bits per heavy atom. The van der Waals surface area contributed by atoms with Gasteiger partial charge >= 0.3 is 0 Å². The van der Waals surface area contributed by atoms with E-state index in [0.29, 0.717) is 24.7 Å². The third-order valence-electron chi connectivity index (χ3n) is 5.52. The van der Waals surface area contributed by atoms with Crippen LogP contribution >= 0.6 is 0 Å². The molecule has 1 unspecified atom stereocenters. The zero-order valence-electron chi connectivity index (χ0n) is 14.8. The van der Waals surface area contributed by atoms with Crippen molar-refractivity contribution in [2.24, 2.45) is 17.6 Å². The van der Waals surface area contributed by atoms with Crippen molar-refractivity contribution in [2.45, 2.75) is 25.4 Å². The topological polar surface area (TPSA) is 126 Å². The highest BCUT2D eigenvalue weighted by molar-refractivity contribution is 5.93. The fourth-order valence-corrected chi connectivity index (χ4v) is 4.16. The summed E-state index contributed by atoms with van der Waals surface area (Å²) < 4.78 is 1.65. The summed E-state index contributed by atoms with van der Waals surface area (Å²) in [6.45, 7) is 2.26. The van der Waals surface area contributed by atoms with E-state index >= 15 is 0 Å². The molecule has 5 rings (SSSR count). The Morgan fingerprint density at radius 2 is 2.22 bits per heavy atom. The molecule has 4 heterocycles. The molecule has 9 heteroatoms. The van der Waals surface area contributed by atoms with Crippen molar-refractivity contribution in [1.29, 1.82) is 0 Å². The van der Waals surface area contributed by atoms with E-state index in [-0.39, 0.29) is 29.3 Å². The van der Waals surface area contributed by atoms with Crippen LogP contribution in [0.1, 0.15) is 23.3 Å². The highest BCUT2D eigenvalue weighted by Gasteiger charge is 2.43. The number of carbonyl (C=O) groups is 2. The number of nitrogens with one attached hydrogen (secondary N) is 1. The quantitative estimate of drug-likeness (QED) is 0.701. The Kier molecular flexibility index (Phi) is 4.53. The zero-order valence-corrected chi connectivity index (χ0v) is 14.8. The smallest absolute Gasteiger partial charge is 0.270 e. The minimum absolute atomic E-state index is 0.00878. The largest absolute Gasteiger partial charge is 0.508 e. The first-order chi connectivity index (χ1) is 13.0. The summed E-state index contributed by atoms with van der Waals surface area (Å²) in [6, 6.07) is 6.85. The number of benzene rings is 1. The number of aromatic nitrogens is 3. The third-order valence-corrected chi connectivity index (χ3v) is 5.52. The maximum absolute atomic E-state index is 12.7.